The standard InChI is InChI=1S/C23H23N3O3S/c1-16(23(15-24)30(25,27)28)21-9-10-22(29-21)19-6-5-18-14-20(8-7-17(18)13-19)26-11-3-2-4-12-26/h5-10,13-14H,2-4,11-12H2,1H3,(H2,25,27,28). The number of anilines is 1. The summed E-state index contributed by atoms with van der Waals surface area (Å²) in [5.74, 6) is 0.897. The second-order valence-corrected chi connectivity index (χ2v) is 9.07. The van der Waals surface area contributed by atoms with E-state index in [0.29, 0.717) is 11.5 Å². The SMILES string of the molecule is CC(=C(C#N)S(N)(=O)=O)c1ccc(-c2ccc3cc(N4CCCCC4)ccc3c2)o1. The van der Waals surface area contributed by atoms with E-state index < -0.39 is 14.9 Å². The van der Waals surface area contributed by atoms with Crippen molar-refractivity contribution in [3.05, 3.63) is 59.2 Å². The van der Waals surface area contributed by atoms with Gasteiger partial charge in [-0.15, -0.1) is 0 Å². The molecule has 2 aromatic carbocycles. The summed E-state index contributed by atoms with van der Waals surface area (Å²) in [6.07, 6.45) is 3.79. The quantitative estimate of drug-likeness (QED) is 0.619. The molecule has 1 fully saturated rings. The Hall–Kier alpha value is -3.08. The van der Waals surface area contributed by atoms with Gasteiger partial charge in [0.1, 0.15) is 17.6 Å². The van der Waals surface area contributed by atoms with Gasteiger partial charge in [0, 0.05) is 29.9 Å². The zero-order chi connectivity index (χ0) is 21.3. The maximum atomic E-state index is 11.6. The number of rotatable bonds is 4. The Morgan fingerprint density at radius 2 is 1.73 bits per heavy atom. The van der Waals surface area contributed by atoms with E-state index in [4.69, 9.17) is 14.8 Å². The monoisotopic (exact) mass is 421 g/mol. The van der Waals surface area contributed by atoms with Gasteiger partial charge in [-0.05, 0) is 67.3 Å². The number of hydrogen-bond acceptors (Lipinski definition) is 5. The summed E-state index contributed by atoms with van der Waals surface area (Å²) >= 11 is 0. The molecule has 0 spiro atoms. The van der Waals surface area contributed by atoms with Crippen molar-refractivity contribution in [3.8, 4) is 17.4 Å². The van der Waals surface area contributed by atoms with E-state index >= 15 is 0 Å². The number of furan rings is 1. The van der Waals surface area contributed by atoms with Gasteiger partial charge in [0.25, 0.3) is 0 Å². The minimum absolute atomic E-state index is 0.193. The zero-order valence-electron chi connectivity index (χ0n) is 16.8. The molecule has 0 aliphatic carbocycles. The lowest BCUT2D eigenvalue weighted by Gasteiger charge is -2.29. The van der Waals surface area contributed by atoms with E-state index in [1.165, 1.54) is 31.9 Å². The summed E-state index contributed by atoms with van der Waals surface area (Å²) in [5, 5.41) is 16.5. The van der Waals surface area contributed by atoms with E-state index in [0.717, 1.165) is 29.4 Å². The first-order valence-electron chi connectivity index (χ1n) is 9.90. The normalized spacial score (nSPS) is 15.7. The number of sulfonamides is 1. The minimum atomic E-state index is -4.11. The smallest absolute Gasteiger partial charge is 0.248 e. The molecule has 3 aromatic rings. The summed E-state index contributed by atoms with van der Waals surface area (Å²) in [5.41, 5.74) is 2.32. The van der Waals surface area contributed by atoms with Crippen molar-refractivity contribution >= 4 is 32.1 Å². The molecule has 0 bridgehead atoms. The third-order valence-corrected chi connectivity index (χ3v) is 6.50. The molecule has 7 heteroatoms. The van der Waals surface area contributed by atoms with E-state index in [2.05, 4.69) is 29.2 Å². The summed E-state index contributed by atoms with van der Waals surface area (Å²) < 4.78 is 29.0. The predicted octanol–water partition coefficient (Wildman–Crippen LogP) is 4.63. The Morgan fingerprint density at radius 3 is 2.43 bits per heavy atom. The van der Waals surface area contributed by atoms with Crippen LogP contribution in [0.2, 0.25) is 0 Å². The highest BCUT2D eigenvalue weighted by atomic mass is 32.2. The molecule has 2 N–H and O–H groups in total. The number of allylic oxidation sites excluding steroid dienone is 2. The van der Waals surface area contributed by atoms with Crippen LogP contribution in [0.5, 0.6) is 0 Å². The number of nitrogens with two attached hydrogens (primary N) is 1. The number of nitriles is 1. The average molecular weight is 422 g/mol. The van der Waals surface area contributed by atoms with E-state index in [1.54, 1.807) is 18.2 Å². The second kappa shape index (κ2) is 7.98. The van der Waals surface area contributed by atoms with Crippen molar-refractivity contribution in [1.29, 1.82) is 5.26 Å². The summed E-state index contributed by atoms with van der Waals surface area (Å²) in [6, 6.07) is 17.6. The van der Waals surface area contributed by atoms with Crippen LogP contribution in [0.25, 0.3) is 27.7 Å². The number of benzene rings is 2. The molecule has 154 valence electrons. The van der Waals surface area contributed by atoms with Crippen molar-refractivity contribution in [2.45, 2.75) is 26.2 Å². The van der Waals surface area contributed by atoms with E-state index in [-0.39, 0.29) is 5.57 Å². The number of hydrogen-bond donors (Lipinski definition) is 1. The van der Waals surface area contributed by atoms with Crippen LogP contribution < -0.4 is 10.0 Å². The minimum Gasteiger partial charge on any atom is -0.456 e. The van der Waals surface area contributed by atoms with Gasteiger partial charge in [-0.1, -0.05) is 18.2 Å². The Morgan fingerprint density at radius 1 is 1.03 bits per heavy atom. The highest BCUT2D eigenvalue weighted by Crippen LogP contribution is 2.31. The number of primary sulfonamides is 1. The van der Waals surface area contributed by atoms with Crippen LogP contribution in [0.1, 0.15) is 31.9 Å². The largest absolute Gasteiger partial charge is 0.456 e. The molecule has 0 atom stereocenters. The molecule has 4 rings (SSSR count). The summed E-state index contributed by atoms with van der Waals surface area (Å²) in [7, 11) is -4.11. The van der Waals surface area contributed by atoms with Gasteiger partial charge in [0.05, 0.1) is 0 Å². The molecular formula is C23H23N3O3S. The van der Waals surface area contributed by atoms with E-state index in [9.17, 15) is 8.42 Å². The van der Waals surface area contributed by atoms with Gasteiger partial charge in [0.2, 0.25) is 10.0 Å². The van der Waals surface area contributed by atoms with Crippen molar-refractivity contribution in [1.82, 2.24) is 0 Å². The molecule has 1 aliphatic heterocycles. The molecule has 1 aliphatic rings. The van der Waals surface area contributed by atoms with Crippen LogP contribution in [0.3, 0.4) is 0 Å². The van der Waals surface area contributed by atoms with Crippen LogP contribution in [-0.4, -0.2) is 21.5 Å². The van der Waals surface area contributed by atoms with Crippen LogP contribution in [-0.2, 0) is 10.0 Å². The van der Waals surface area contributed by atoms with Gasteiger partial charge in [0.15, 0.2) is 4.91 Å². The molecule has 2 heterocycles. The summed E-state index contributed by atoms with van der Waals surface area (Å²) in [4.78, 5) is 1.94. The van der Waals surface area contributed by atoms with Crippen LogP contribution in [0.4, 0.5) is 5.69 Å². The number of piperidine rings is 1. The van der Waals surface area contributed by atoms with Crippen molar-refractivity contribution < 1.29 is 12.8 Å². The number of nitrogens with zero attached hydrogens (tertiary/aromatic N) is 2. The third-order valence-electron chi connectivity index (χ3n) is 5.53. The fourth-order valence-electron chi connectivity index (χ4n) is 3.90. The predicted molar refractivity (Wildman–Crippen MR) is 119 cm³/mol. The molecular weight excluding hydrogens is 398 g/mol. The van der Waals surface area contributed by atoms with Crippen LogP contribution in [0.15, 0.2) is 57.9 Å². The lowest BCUT2D eigenvalue weighted by molar-refractivity contribution is 0.566. The molecule has 0 saturated carbocycles. The highest BCUT2D eigenvalue weighted by molar-refractivity contribution is 7.93. The van der Waals surface area contributed by atoms with Gasteiger partial charge >= 0.3 is 0 Å². The van der Waals surface area contributed by atoms with Gasteiger partial charge < -0.3 is 9.32 Å². The van der Waals surface area contributed by atoms with Crippen molar-refractivity contribution in [3.63, 3.8) is 0 Å². The number of fused-ring (bicyclic) bond motifs is 1. The lowest BCUT2D eigenvalue weighted by atomic mass is 10.0. The lowest BCUT2D eigenvalue weighted by Crippen LogP contribution is -2.29. The first-order chi connectivity index (χ1) is 14.4. The van der Waals surface area contributed by atoms with Crippen LogP contribution >= 0.6 is 0 Å². The Kier molecular flexibility index (Phi) is 5.37. The van der Waals surface area contributed by atoms with Gasteiger partial charge in [-0.25, -0.2) is 13.6 Å². The maximum absolute atomic E-state index is 11.6. The molecule has 6 nitrogen and oxygen atoms in total. The molecule has 0 amide bonds. The molecule has 0 unspecified atom stereocenters. The first kappa shape index (κ1) is 20.2. The topological polar surface area (TPSA) is 100 Å². The molecule has 30 heavy (non-hydrogen) atoms. The van der Waals surface area contributed by atoms with Gasteiger partial charge in [-0.2, -0.15) is 5.26 Å². The fraction of sp³-hybridized carbons (Fsp3) is 0.261. The fourth-order valence-corrected chi connectivity index (χ4v) is 4.56. The zero-order valence-corrected chi connectivity index (χ0v) is 17.6. The highest BCUT2D eigenvalue weighted by Gasteiger charge is 2.19. The van der Waals surface area contributed by atoms with Crippen molar-refractivity contribution in [2.75, 3.05) is 18.0 Å². The van der Waals surface area contributed by atoms with E-state index in [1.807, 2.05) is 12.1 Å². The first-order valence-corrected chi connectivity index (χ1v) is 11.4. The molecule has 1 aromatic heterocycles. The molecule has 0 radical (unpaired) electrons. The van der Waals surface area contributed by atoms with Crippen molar-refractivity contribution in [2.24, 2.45) is 5.14 Å². The molecule has 1 saturated heterocycles. The summed E-state index contributed by atoms with van der Waals surface area (Å²) in [6.45, 7) is 3.72. The Balaban J connectivity index is 1.66. The maximum Gasteiger partial charge on any atom is 0.248 e. The van der Waals surface area contributed by atoms with Gasteiger partial charge in [-0.3, -0.25) is 0 Å². The Labute approximate surface area is 176 Å². The van der Waals surface area contributed by atoms with Crippen LogP contribution in [0, 0.1) is 11.3 Å². The average Bonchev–Trinajstić information content (AvgIpc) is 3.23. The third kappa shape index (κ3) is 3.97. The Bertz CT molecular complexity index is 1280. The second-order valence-electron chi connectivity index (χ2n) is 7.57.